The number of Topliss-reactive ketones (excluding diaryl/α,β-unsaturated/α-hetero) is 2. The molecule has 2 aliphatic rings. The van der Waals surface area contributed by atoms with Crippen molar-refractivity contribution in [2.24, 2.45) is 0 Å². The summed E-state index contributed by atoms with van der Waals surface area (Å²) in [5.74, 6) is -5.18. The molecule has 4 rings (SSSR count). The first-order valence-electron chi connectivity index (χ1n) is 10.2. The zero-order valence-electron chi connectivity index (χ0n) is 17.4. The molecule has 1 aliphatic carbocycles. The number of nitrogens with zero attached hydrogens (tertiary/aromatic N) is 1. The van der Waals surface area contributed by atoms with Gasteiger partial charge in [0.05, 0.1) is 34.7 Å². The van der Waals surface area contributed by atoms with Crippen molar-refractivity contribution in [3.8, 4) is 0 Å². The zero-order chi connectivity index (χ0) is 24.8. The minimum atomic E-state index is -4.99. The summed E-state index contributed by atoms with van der Waals surface area (Å²) < 4.78 is 53.0. The number of imide groups is 1. The van der Waals surface area contributed by atoms with Crippen LogP contribution in [-0.4, -0.2) is 40.2 Å². The lowest BCUT2D eigenvalue weighted by Gasteiger charge is -2.27. The Hall–Kier alpha value is -3.89. The molecule has 1 aliphatic heterocycles. The Labute approximate surface area is 189 Å². The van der Waals surface area contributed by atoms with Crippen LogP contribution in [0.3, 0.4) is 0 Å². The topological polar surface area (TPSA) is 101 Å². The first-order valence-corrected chi connectivity index (χ1v) is 10.2. The second-order valence-corrected chi connectivity index (χ2v) is 7.90. The minimum absolute atomic E-state index is 0.00769. The number of amides is 3. The summed E-state index contributed by atoms with van der Waals surface area (Å²) in [5.41, 5.74) is -2.33. The third-order valence-corrected chi connectivity index (χ3v) is 5.77. The number of fused-ring (bicyclic) bond motifs is 1. The molecule has 34 heavy (non-hydrogen) atoms. The van der Waals surface area contributed by atoms with E-state index in [0.29, 0.717) is 6.07 Å². The molecule has 0 saturated heterocycles. The highest BCUT2D eigenvalue weighted by atomic mass is 19.4. The first kappa shape index (κ1) is 23.3. The van der Waals surface area contributed by atoms with Crippen LogP contribution in [0, 0.1) is 5.82 Å². The third-order valence-electron chi connectivity index (χ3n) is 5.77. The van der Waals surface area contributed by atoms with E-state index in [-0.39, 0.29) is 48.3 Å². The SMILES string of the molecule is O=C1CCC(N2C(=O)c3cccc(CNC(=O)c4cccc(C(F)(F)F)c4F)c3C2=O)C(=O)C1. The van der Waals surface area contributed by atoms with Gasteiger partial charge < -0.3 is 5.32 Å². The Morgan fingerprint density at radius 2 is 1.74 bits per heavy atom. The van der Waals surface area contributed by atoms with Crippen molar-refractivity contribution in [1.29, 1.82) is 0 Å². The second-order valence-electron chi connectivity index (χ2n) is 7.90. The van der Waals surface area contributed by atoms with Crippen LogP contribution in [-0.2, 0) is 22.3 Å². The van der Waals surface area contributed by atoms with Crippen molar-refractivity contribution >= 4 is 29.3 Å². The molecule has 0 radical (unpaired) electrons. The molecule has 1 atom stereocenters. The number of benzene rings is 2. The molecule has 2 aromatic carbocycles. The summed E-state index contributed by atoms with van der Waals surface area (Å²) in [6.45, 7) is -0.387. The molecule has 1 saturated carbocycles. The number of carbonyl (C=O) groups is 5. The number of hydrogen-bond acceptors (Lipinski definition) is 5. The molecule has 1 heterocycles. The fourth-order valence-corrected chi connectivity index (χ4v) is 4.13. The van der Waals surface area contributed by atoms with Gasteiger partial charge in [-0.2, -0.15) is 13.2 Å². The normalized spacial score (nSPS) is 18.4. The Kier molecular flexibility index (Phi) is 5.80. The van der Waals surface area contributed by atoms with E-state index in [1.165, 1.54) is 18.2 Å². The van der Waals surface area contributed by atoms with Crippen LogP contribution in [0.2, 0.25) is 0 Å². The van der Waals surface area contributed by atoms with Gasteiger partial charge in [-0.15, -0.1) is 0 Å². The van der Waals surface area contributed by atoms with Gasteiger partial charge in [-0.1, -0.05) is 18.2 Å². The molecule has 0 spiro atoms. The average molecular weight is 476 g/mol. The predicted molar refractivity (Wildman–Crippen MR) is 107 cm³/mol. The van der Waals surface area contributed by atoms with Gasteiger partial charge in [0, 0.05) is 13.0 Å². The number of halogens is 4. The molecule has 176 valence electrons. The molecule has 0 bridgehead atoms. The van der Waals surface area contributed by atoms with Crippen molar-refractivity contribution < 1.29 is 41.5 Å². The first-order chi connectivity index (χ1) is 16.0. The van der Waals surface area contributed by atoms with Crippen molar-refractivity contribution in [1.82, 2.24) is 10.2 Å². The predicted octanol–water partition coefficient (Wildman–Crippen LogP) is 3.06. The molecule has 11 heteroatoms. The molecular formula is C23H16F4N2O5. The van der Waals surface area contributed by atoms with Crippen LogP contribution >= 0.6 is 0 Å². The van der Waals surface area contributed by atoms with Crippen LogP contribution in [0.25, 0.3) is 0 Å². The summed E-state index contributed by atoms with van der Waals surface area (Å²) >= 11 is 0. The van der Waals surface area contributed by atoms with E-state index in [1.807, 2.05) is 0 Å². The molecule has 1 unspecified atom stereocenters. The van der Waals surface area contributed by atoms with Gasteiger partial charge in [0.1, 0.15) is 11.6 Å². The van der Waals surface area contributed by atoms with Crippen molar-refractivity contribution in [2.45, 2.75) is 38.0 Å². The smallest absolute Gasteiger partial charge is 0.348 e. The van der Waals surface area contributed by atoms with Gasteiger partial charge in [-0.3, -0.25) is 28.9 Å². The Balaban J connectivity index is 1.57. The van der Waals surface area contributed by atoms with Gasteiger partial charge in [-0.05, 0) is 30.2 Å². The van der Waals surface area contributed by atoms with E-state index in [4.69, 9.17) is 0 Å². The molecule has 2 aromatic rings. The quantitative estimate of drug-likeness (QED) is 0.415. The maximum Gasteiger partial charge on any atom is 0.419 e. The van der Waals surface area contributed by atoms with Crippen LogP contribution in [0.5, 0.6) is 0 Å². The molecule has 1 N–H and O–H groups in total. The minimum Gasteiger partial charge on any atom is -0.348 e. The average Bonchev–Trinajstić information content (AvgIpc) is 3.02. The fourth-order valence-electron chi connectivity index (χ4n) is 4.13. The van der Waals surface area contributed by atoms with Crippen LogP contribution < -0.4 is 5.32 Å². The summed E-state index contributed by atoms with van der Waals surface area (Å²) in [4.78, 5) is 62.9. The van der Waals surface area contributed by atoms with Gasteiger partial charge in [-0.25, -0.2) is 4.39 Å². The maximum atomic E-state index is 14.3. The highest BCUT2D eigenvalue weighted by Crippen LogP contribution is 2.33. The monoisotopic (exact) mass is 476 g/mol. The Morgan fingerprint density at radius 1 is 1.03 bits per heavy atom. The molecule has 0 aromatic heterocycles. The third kappa shape index (κ3) is 3.97. The number of carbonyl (C=O) groups excluding carboxylic acids is 5. The number of ketones is 2. The summed E-state index contributed by atoms with van der Waals surface area (Å²) in [6.07, 6.45) is -5.29. The van der Waals surface area contributed by atoms with Gasteiger partial charge in [0.15, 0.2) is 5.78 Å². The Bertz CT molecular complexity index is 1250. The zero-order valence-corrected chi connectivity index (χ0v) is 17.4. The summed E-state index contributed by atoms with van der Waals surface area (Å²) in [5, 5.41) is 2.27. The molecule has 1 fully saturated rings. The van der Waals surface area contributed by atoms with Gasteiger partial charge >= 0.3 is 6.18 Å². The van der Waals surface area contributed by atoms with Crippen LogP contribution in [0.15, 0.2) is 36.4 Å². The fraction of sp³-hybridized carbons (Fsp3) is 0.261. The number of alkyl halides is 3. The lowest BCUT2D eigenvalue weighted by Crippen LogP contribution is -2.47. The standard InChI is InChI=1S/C23H16F4N2O5/c24-19-14(5-2-6-15(19)23(25,26)27)20(32)28-10-11-3-1-4-13-18(11)22(34)29(21(13)33)16-8-7-12(30)9-17(16)31/h1-6,16H,7-10H2,(H,28,32). The maximum absolute atomic E-state index is 14.3. The van der Waals surface area contributed by atoms with E-state index >= 15 is 0 Å². The number of nitrogens with one attached hydrogen (secondary N) is 1. The van der Waals surface area contributed by atoms with E-state index in [1.54, 1.807) is 0 Å². The Morgan fingerprint density at radius 3 is 2.41 bits per heavy atom. The number of hydrogen-bond donors (Lipinski definition) is 1. The molecule has 7 nitrogen and oxygen atoms in total. The van der Waals surface area contributed by atoms with E-state index < -0.39 is 52.7 Å². The molecular weight excluding hydrogens is 460 g/mol. The van der Waals surface area contributed by atoms with Gasteiger partial charge in [0.25, 0.3) is 17.7 Å². The van der Waals surface area contributed by atoms with E-state index in [9.17, 15) is 41.5 Å². The van der Waals surface area contributed by atoms with Gasteiger partial charge in [0.2, 0.25) is 0 Å². The highest BCUT2D eigenvalue weighted by Gasteiger charge is 2.45. The van der Waals surface area contributed by atoms with Crippen LogP contribution in [0.4, 0.5) is 17.6 Å². The van der Waals surface area contributed by atoms with E-state index in [0.717, 1.165) is 17.0 Å². The highest BCUT2D eigenvalue weighted by molar-refractivity contribution is 6.24. The summed E-state index contributed by atoms with van der Waals surface area (Å²) in [6, 6.07) is 5.44. The second kappa shape index (κ2) is 8.47. The van der Waals surface area contributed by atoms with E-state index in [2.05, 4.69) is 5.32 Å². The number of rotatable bonds is 4. The van der Waals surface area contributed by atoms with Crippen LogP contribution in [0.1, 0.15) is 61.5 Å². The van der Waals surface area contributed by atoms with Crippen molar-refractivity contribution in [3.63, 3.8) is 0 Å². The van der Waals surface area contributed by atoms with Crippen molar-refractivity contribution in [2.75, 3.05) is 0 Å². The lowest BCUT2D eigenvalue weighted by molar-refractivity contribution is -0.140. The largest absolute Gasteiger partial charge is 0.419 e. The lowest BCUT2D eigenvalue weighted by atomic mass is 9.92. The van der Waals surface area contributed by atoms with Crippen molar-refractivity contribution in [3.05, 3.63) is 70.0 Å². The molecule has 3 amide bonds. The summed E-state index contributed by atoms with van der Waals surface area (Å²) in [7, 11) is 0.